The molecule has 8 aliphatic rings. The van der Waals surface area contributed by atoms with E-state index < -0.39 is 340 Å². The number of carbonyl (C=O) groups excluding carboxylic acids is 4. The van der Waals surface area contributed by atoms with Gasteiger partial charge in [0.1, 0.15) is 189 Å². The van der Waals surface area contributed by atoms with Crippen LogP contribution in [0.15, 0.2) is 0 Å². The van der Waals surface area contributed by atoms with Crippen LogP contribution < -0.4 is 21.3 Å². The lowest BCUT2D eigenvalue weighted by Gasteiger charge is -2.51. The minimum atomic E-state index is -3.28. The molecule has 0 bridgehead atoms. The van der Waals surface area contributed by atoms with Gasteiger partial charge in [-0.25, -0.2) is 4.79 Å². The van der Waals surface area contributed by atoms with Crippen molar-refractivity contribution in [3.8, 4) is 0 Å². The van der Waals surface area contributed by atoms with E-state index in [9.17, 15) is 147 Å². The van der Waals surface area contributed by atoms with Gasteiger partial charge in [-0.3, -0.25) is 19.2 Å². The van der Waals surface area contributed by atoms with Crippen molar-refractivity contribution in [3.05, 3.63) is 0 Å². The average molecular weight is 1570 g/mol. The van der Waals surface area contributed by atoms with E-state index in [4.69, 9.17) is 71.1 Å². The van der Waals surface area contributed by atoms with Crippen molar-refractivity contribution in [2.45, 2.75) is 285 Å². The first-order valence-corrected chi connectivity index (χ1v) is 33.7. The van der Waals surface area contributed by atoms with Crippen molar-refractivity contribution in [3.63, 3.8) is 0 Å². The molecule has 41 atom stereocenters. The third-order valence-electron chi connectivity index (χ3n) is 19.2. The number of rotatable bonds is 29. The highest BCUT2D eigenvalue weighted by molar-refractivity contribution is 5.77. The fourth-order valence-corrected chi connectivity index (χ4v) is 13.7. The quantitative estimate of drug-likeness (QED) is 0.0331. The van der Waals surface area contributed by atoms with Crippen molar-refractivity contribution >= 4 is 29.6 Å². The highest BCUT2D eigenvalue weighted by Gasteiger charge is 2.63. The normalized spacial score (nSPS) is 46.9. The van der Waals surface area contributed by atoms with Crippen molar-refractivity contribution in [1.82, 2.24) is 21.3 Å². The van der Waals surface area contributed by atoms with E-state index in [0.29, 0.717) is 0 Å². The van der Waals surface area contributed by atoms with Gasteiger partial charge in [0.05, 0.1) is 65.0 Å². The summed E-state index contributed by atoms with van der Waals surface area (Å²) in [7, 11) is 0. The lowest BCUT2D eigenvalue weighted by molar-refractivity contribution is -0.392. The van der Waals surface area contributed by atoms with Crippen molar-refractivity contribution in [2.24, 2.45) is 0 Å². The lowest BCUT2D eigenvalue weighted by Crippen LogP contribution is -2.71. The molecule has 0 saturated carbocycles. The maximum Gasteiger partial charge on any atom is 0.364 e. The molecule has 48 nitrogen and oxygen atoms in total. The van der Waals surface area contributed by atoms with Crippen LogP contribution in [-0.4, -0.2) is 456 Å². The molecule has 0 aromatic heterocycles. The van der Waals surface area contributed by atoms with E-state index in [2.05, 4.69) is 21.3 Å². The van der Waals surface area contributed by atoms with Gasteiger partial charge in [0.15, 0.2) is 44.0 Å². The van der Waals surface area contributed by atoms with Gasteiger partial charge in [0.2, 0.25) is 23.6 Å². The van der Waals surface area contributed by atoms with Gasteiger partial charge in [-0.2, -0.15) is 0 Å². The van der Waals surface area contributed by atoms with Gasteiger partial charge < -0.3 is 215 Å². The summed E-state index contributed by atoms with van der Waals surface area (Å²) in [5.74, 6) is -9.10. The highest BCUT2D eigenvalue weighted by Crippen LogP contribution is 2.41. The summed E-state index contributed by atoms with van der Waals surface area (Å²) in [5, 5.41) is 274. The molecule has 0 radical (unpaired) electrons. The van der Waals surface area contributed by atoms with Crippen LogP contribution in [0.25, 0.3) is 0 Å². The molecule has 8 saturated heterocycles. The number of nitrogens with one attached hydrogen (secondary N) is 4. The number of amides is 4. The Kier molecular flexibility index (Phi) is 31.5. The summed E-state index contributed by atoms with van der Waals surface area (Å²) in [6, 6.07) is -7.43. The summed E-state index contributed by atoms with van der Waals surface area (Å²) in [5.41, 5.74) is 0. The molecular formula is C59H98N4O44. The number of carbonyl (C=O) groups is 5. The molecule has 28 N–H and O–H groups in total. The van der Waals surface area contributed by atoms with Gasteiger partial charge in [-0.15, -0.1) is 0 Å². The van der Waals surface area contributed by atoms with Gasteiger partial charge in [0.25, 0.3) is 5.79 Å². The van der Waals surface area contributed by atoms with Crippen LogP contribution in [0.4, 0.5) is 0 Å². The van der Waals surface area contributed by atoms with Crippen LogP contribution in [0.2, 0.25) is 0 Å². The SMILES string of the molecule is CC(=O)N[C@H]1[C@H](O[C@H]2[C@@H](O)[C@@H](CO)O[C@@H](O[C@H]3[C@H](O)[C@@H](O)[C@H](O)O[C@@H]3CO)[C@@H]2O)O[C@H](CO)[C@@H](O[C@@H]2O[C@H](CO[C@@H]3O[C@H](CO)[C@@H](O)[C@H](O)[C@H]3NC(C)=O)[C@H](O)[C@H](O[C@@H]3O[C@H](CO)[C@@H](O[C@@H]4O[C@H](CO)[C@H](O)[C@H](O[C@]5(C(=O)O)C[C@H](O)[C@@H](NC(C)=O)[C@H]([C@H](O)[C@H](O)CO)O5)[C@H]4O)[C@H](O)[C@H]3NC(C)=O)[C@H]2O)[C@@H]1O. The lowest BCUT2D eigenvalue weighted by atomic mass is 9.88. The van der Waals surface area contributed by atoms with Crippen LogP contribution >= 0.6 is 0 Å². The number of aliphatic carboxylic acids is 1. The zero-order valence-electron chi connectivity index (χ0n) is 57.4. The molecule has 0 unspecified atom stereocenters. The molecule has 8 aliphatic heterocycles. The Labute approximate surface area is 605 Å². The molecule has 107 heavy (non-hydrogen) atoms. The number of aliphatic hydroxyl groups excluding tert-OH is 23. The zero-order chi connectivity index (χ0) is 79.3. The third-order valence-corrected chi connectivity index (χ3v) is 19.2. The first kappa shape index (κ1) is 88.4. The molecule has 0 aromatic rings. The maximum atomic E-state index is 13.2. The first-order chi connectivity index (χ1) is 50.4. The minimum Gasteiger partial charge on any atom is -0.477 e. The van der Waals surface area contributed by atoms with Gasteiger partial charge in [-0.05, 0) is 0 Å². The molecule has 48 heteroatoms. The predicted octanol–water partition coefficient (Wildman–Crippen LogP) is -18.7. The largest absolute Gasteiger partial charge is 0.477 e. The number of aliphatic hydroxyl groups is 23. The summed E-state index contributed by atoms with van der Waals surface area (Å²) in [6.45, 7) is -5.12. The summed E-state index contributed by atoms with van der Waals surface area (Å²) >= 11 is 0. The summed E-state index contributed by atoms with van der Waals surface area (Å²) in [4.78, 5) is 63.9. The second kappa shape index (κ2) is 38.1. The number of ether oxygens (including phenoxy) is 15. The summed E-state index contributed by atoms with van der Waals surface area (Å²) in [6.07, 6.45) is -77.3. The number of hydrogen-bond donors (Lipinski definition) is 28. The van der Waals surface area contributed by atoms with Crippen LogP contribution in [0.3, 0.4) is 0 Å². The Bertz CT molecular complexity index is 2870. The first-order valence-electron chi connectivity index (χ1n) is 33.7. The molecule has 8 fully saturated rings. The smallest absolute Gasteiger partial charge is 0.364 e. The van der Waals surface area contributed by atoms with E-state index in [-0.39, 0.29) is 0 Å². The molecule has 0 spiro atoms. The fraction of sp³-hybridized carbons (Fsp3) is 0.915. The molecule has 8 heterocycles. The van der Waals surface area contributed by atoms with E-state index in [1.165, 1.54) is 0 Å². The van der Waals surface area contributed by atoms with Crippen LogP contribution in [-0.2, 0) is 95.0 Å². The van der Waals surface area contributed by atoms with Crippen LogP contribution in [0.5, 0.6) is 0 Å². The molecule has 0 aliphatic carbocycles. The van der Waals surface area contributed by atoms with Crippen molar-refractivity contribution in [2.75, 3.05) is 52.9 Å². The third kappa shape index (κ3) is 19.6. The predicted molar refractivity (Wildman–Crippen MR) is 328 cm³/mol. The second-order valence-corrected chi connectivity index (χ2v) is 26.8. The van der Waals surface area contributed by atoms with Crippen molar-refractivity contribution < 1.29 is 218 Å². The Hall–Kier alpha value is -4.17. The van der Waals surface area contributed by atoms with E-state index in [0.717, 1.165) is 27.7 Å². The number of hydrogen-bond acceptors (Lipinski definition) is 43. The van der Waals surface area contributed by atoms with Gasteiger partial charge in [0, 0.05) is 34.1 Å². The van der Waals surface area contributed by atoms with Gasteiger partial charge in [-0.1, -0.05) is 0 Å². The fourth-order valence-electron chi connectivity index (χ4n) is 13.7. The minimum absolute atomic E-state index is 0.823. The van der Waals surface area contributed by atoms with Gasteiger partial charge >= 0.3 is 5.97 Å². The molecule has 0 aromatic carbocycles. The zero-order valence-corrected chi connectivity index (χ0v) is 57.4. The number of carboxylic acids is 1. The average Bonchev–Trinajstić information content (AvgIpc) is 0.746. The maximum absolute atomic E-state index is 13.2. The molecular weight excluding hydrogens is 1470 g/mol. The standard InChI is InChI=1S/C59H98N4O44/c1-14(71)60-27-18(75)5-59(58(91)92,106-47(27)31(77)19(76)6-64)107-50-34(80)22(9-67)97-57(43(50)89)102-45-25(12-70)99-54(30(38(45)84)63-17(4)74)105-49-35(81)26(13-93-52-28(61-15(2)72)36(82)32(78)20(7-65)95-52)100-56(42(49)88)101-44-24(11-69)98-53(29(37(44)83)62-16(3)73)104-48-33(79)21(8-66)96-55(41(48)87)103-46-23(10-68)94-51(90)40(86)39(46)85/h18-57,64-70,75-90H,5-13H2,1-4H3,(H,60,71)(H,61,72)(H,62,73)(H,63,74)(H,91,92)/t18-,19+,20+,21+,22+,23+,24+,25+,26+,27+,28+,29+,30+,31+,32+,33-,34-,35-,36+,37+,38+,39+,40+,41+,42+,43+,44+,45+,46+,47+,48-,49-,50-,51+,52+,53-,54-,55-,56-,57-,59-/m0/s1. The Morgan fingerprint density at radius 2 is 0.729 bits per heavy atom. The van der Waals surface area contributed by atoms with Crippen LogP contribution in [0, 0.1) is 0 Å². The topological polar surface area (TPSA) is 757 Å². The number of carboxylic acid groups (broad SMARTS) is 1. The van der Waals surface area contributed by atoms with Crippen molar-refractivity contribution in [1.29, 1.82) is 0 Å². The highest BCUT2D eigenvalue weighted by atomic mass is 16.8. The Morgan fingerprint density at radius 1 is 0.383 bits per heavy atom. The summed E-state index contributed by atoms with van der Waals surface area (Å²) < 4.78 is 87.3. The Morgan fingerprint density at radius 3 is 1.15 bits per heavy atom. The van der Waals surface area contributed by atoms with E-state index in [1.54, 1.807) is 0 Å². The molecule has 618 valence electrons. The van der Waals surface area contributed by atoms with E-state index >= 15 is 0 Å². The van der Waals surface area contributed by atoms with E-state index in [1.807, 2.05) is 0 Å². The van der Waals surface area contributed by atoms with Crippen LogP contribution in [0.1, 0.15) is 34.1 Å². The second-order valence-electron chi connectivity index (χ2n) is 26.8. The molecule has 8 rings (SSSR count). The Balaban J connectivity index is 1.09. The monoisotopic (exact) mass is 1570 g/mol. The molecule has 4 amide bonds.